The SMILES string of the molecule is CCCN1C(=O)/C(=C/c2cccc(OC)c2OC)NC1=S. The first-order valence-electron chi connectivity index (χ1n) is 6.67. The van der Waals surface area contributed by atoms with Crippen LogP contribution in [0.4, 0.5) is 0 Å². The third kappa shape index (κ3) is 3.00. The van der Waals surface area contributed by atoms with Crippen molar-refractivity contribution in [3.05, 3.63) is 29.5 Å². The molecule has 1 heterocycles. The van der Waals surface area contributed by atoms with E-state index in [4.69, 9.17) is 21.7 Å². The number of hydrogen-bond donors (Lipinski definition) is 1. The summed E-state index contributed by atoms with van der Waals surface area (Å²) in [5.41, 5.74) is 1.20. The van der Waals surface area contributed by atoms with E-state index in [0.29, 0.717) is 28.9 Å². The maximum absolute atomic E-state index is 12.3. The van der Waals surface area contributed by atoms with Gasteiger partial charge in [-0.15, -0.1) is 0 Å². The standard InChI is InChI=1S/C15H18N2O3S/c1-4-8-17-14(18)11(16-15(17)21)9-10-6-5-7-12(19-2)13(10)20-3/h5-7,9H,4,8H2,1-3H3,(H,16,21)/b11-9-. The molecule has 6 heteroatoms. The third-order valence-corrected chi connectivity index (χ3v) is 3.47. The van der Waals surface area contributed by atoms with Crippen LogP contribution < -0.4 is 14.8 Å². The number of nitrogens with zero attached hydrogens (tertiary/aromatic N) is 1. The van der Waals surface area contributed by atoms with Crippen molar-refractivity contribution >= 4 is 29.3 Å². The highest BCUT2D eigenvalue weighted by atomic mass is 32.1. The zero-order chi connectivity index (χ0) is 15.4. The number of carbonyl (C=O) groups excluding carboxylic acids is 1. The molecule has 1 aliphatic rings. The monoisotopic (exact) mass is 306 g/mol. The van der Waals surface area contributed by atoms with Crippen molar-refractivity contribution in [1.29, 1.82) is 0 Å². The van der Waals surface area contributed by atoms with E-state index in [1.165, 1.54) is 0 Å². The van der Waals surface area contributed by atoms with Crippen molar-refractivity contribution < 1.29 is 14.3 Å². The third-order valence-electron chi connectivity index (χ3n) is 3.14. The first-order valence-corrected chi connectivity index (χ1v) is 7.08. The Labute approximate surface area is 129 Å². The van der Waals surface area contributed by atoms with Crippen LogP contribution in [0.2, 0.25) is 0 Å². The summed E-state index contributed by atoms with van der Waals surface area (Å²) in [6.45, 7) is 2.61. The van der Waals surface area contributed by atoms with Crippen LogP contribution in [0, 0.1) is 0 Å². The summed E-state index contributed by atoms with van der Waals surface area (Å²) < 4.78 is 10.6. The average molecular weight is 306 g/mol. The van der Waals surface area contributed by atoms with Gasteiger partial charge in [0.2, 0.25) is 0 Å². The van der Waals surface area contributed by atoms with Gasteiger partial charge in [-0.1, -0.05) is 19.1 Å². The van der Waals surface area contributed by atoms with Crippen molar-refractivity contribution in [2.45, 2.75) is 13.3 Å². The maximum Gasteiger partial charge on any atom is 0.276 e. The fraction of sp³-hybridized carbons (Fsp3) is 0.333. The first kappa shape index (κ1) is 15.3. The summed E-state index contributed by atoms with van der Waals surface area (Å²) in [4.78, 5) is 13.9. The highest BCUT2D eigenvalue weighted by molar-refractivity contribution is 7.80. The molecule has 112 valence electrons. The molecule has 0 atom stereocenters. The van der Waals surface area contributed by atoms with Crippen LogP contribution in [0.15, 0.2) is 23.9 Å². The Hall–Kier alpha value is -2.08. The van der Waals surface area contributed by atoms with E-state index in [9.17, 15) is 4.79 Å². The molecule has 1 amide bonds. The molecule has 21 heavy (non-hydrogen) atoms. The van der Waals surface area contributed by atoms with Gasteiger partial charge in [0.25, 0.3) is 5.91 Å². The van der Waals surface area contributed by atoms with Gasteiger partial charge in [0.1, 0.15) is 5.70 Å². The molecular formula is C15H18N2O3S. The number of ether oxygens (including phenoxy) is 2. The molecule has 0 bridgehead atoms. The Bertz CT molecular complexity index is 599. The predicted molar refractivity (Wildman–Crippen MR) is 85.3 cm³/mol. The van der Waals surface area contributed by atoms with Crippen LogP contribution in [0.3, 0.4) is 0 Å². The molecule has 0 aliphatic carbocycles. The molecular weight excluding hydrogens is 288 g/mol. The molecule has 1 N–H and O–H groups in total. The molecule has 0 aromatic heterocycles. The molecule has 1 aromatic carbocycles. The van der Waals surface area contributed by atoms with Gasteiger partial charge in [0.05, 0.1) is 14.2 Å². The van der Waals surface area contributed by atoms with Crippen LogP contribution >= 0.6 is 12.2 Å². The van der Waals surface area contributed by atoms with E-state index in [0.717, 1.165) is 12.0 Å². The predicted octanol–water partition coefficient (Wildman–Crippen LogP) is 2.17. The quantitative estimate of drug-likeness (QED) is 0.667. The molecule has 2 rings (SSSR count). The number of para-hydroxylation sites is 1. The van der Waals surface area contributed by atoms with E-state index < -0.39 is 0 Å². The molecule has 0 saturated carbocycles. The van der Waals surface area contributed by atoms with Gasteiger partial charge in [-0.05, 0) is 30.8 Å². The van der Waals surface area contributed by atoms with Gasteiger partial charge in [0.15, 0.2) is 16.6 Å². The highest BCUT2D eigenvalue weighted by Crippen LogP contribution is 2.32. The highest BCUT2D eigenvalue weighted by Gasteiger charge is 2.30. The summed E-state index contributed by atoms with van der Waals surface area (Å²) in [6, 6.07) is 5.50. The first-order chi connectivity index (χ1) is 10.1. The van der Waals surface area contributed by atoms with Gasteiger partial charge in [-0.2, -0.15) is 0 Å². The smallest absolute Gasteiger partial charge is 0.276 e. The van der Waals surface area contributed by atoms with Crippen molar-refractivity contribution in [1.82, 2.24) is 10.2 Å². The second-order valence-electron chi connectivity index (χ2n) is 4.53. The topological polar surface area (TPSA) is 50.8 Å². The largest absolute Gasteiger partial charge is 0.493 e. The minimum absolute atomic E-state index is 0.119. The van der Waals surface area contributed by atoms with Gasteiger partial charge in [-0.3, -0.25) is 9.69 Å². The molecule has 1 aliphatic heterocycles. The molecule has 1 fully saturated rings. The lowest BCUT2D eigenvalue weighted by Crippen LogP contribution is -2.31. The summed E-state index contributed by atoms with van der Waals surface area (Å²) >= 11 is 5.18. The number of rotatable bonds is 5. The van der Waals surface area contributed by atoms with E-state index in [2.05, 4.69) is 5.32 Å². The molecule has 0 unspecified atom stereocenters. The summed E-state index contributed by atoms with van der Waals surface area (Å²) in [7, 11) is 3.14. The number of methoxy groups -OCH3 is 2. The normalized spacial score (nSPS) is 16.3. The fourth-order valence-corrected chi connectivity index (χ4v) is 2.46. The van der Waals surface area contributed by atoms with Crippen LogP contribution in [0.25, 0.3) is 6.08 Å². The number of amides is 1. The van der Waals surface area contributed by atoms with Crippen LogP contribution in [0.5, 0.6) is 11.5 Å². The molecule has 1 saturated heterocycles. The second-order valence-corrected chi connectivity index (χ2v) is 4.91. The lowest BCUT2D eigenvalue weighted by molar-refractivity contribution is -0.122. The van der Waals surface area contributed by atoms with Gasteiger partial charge in [0, 0.05) is 12.1 Å². The average Bonchev–Trinajstić information content (AvgIpc) is 2.75. The number of thiocarbonyl (C=S) groups is 1. The van der Waals surface area contributed by atoms with E-state index in [-0.39, 0.29) is 5.91 Å². The van der Waals surface area contributed by atoms with Gasteiger partial charge >= 0.3 is 0 Å². The number of hydrogen-bond acceptors (Lipinski definition) is 4. The van der Waals surface area contributed by atoms with Crippen molar-refractivity contribution in [3.8, 4) is 11.5 Å². The zero-order valence-corrected chi connectivity index (χ0v) is 13.1. The van der Waals surface area contributed by atoms with Crippen LogP contribution in [0.1, 0.15) is 18.9 Å². The summed E-state index contributed by atoms with van der Waals surface area (Å²) in [5.74, 6) is 1.08. The summed E-state index contributed by atoms with van der Waals surface area (Å²) in [6.07, 6.45) is 2.58. The number of nitrogens with one attached hydrogen (secondary N) is 1. The summed E-state index contributed by atoms with van der Waals surface area (Å²) in [5, 5.41) is 3.39. The van der Waals surface area contributed by atoms with Gasteiger partial charge in [-0.25, -0.2) is 0 Å². The van der Waals surface area contributed by atoms with Crippen LogP contribution in [-0.2, 0) is 4.79 Å². The van der Waals surface area contributed by atoms with E-state index in [1.807, 2.05) is 19.1 Å². The Balaban J connectivity index is 2.37. The Morgan fingerprint density at radius 3 is 2.71 bits per heavy atom. The number of carbonyl (C=O) groups is 1. The Morgan fingerprint density at radius 1 is 1.33 bits per heavy atom. The minimum Gasteiger partial charge on any atom is -0.493 e. The lowest BCUT2D eigenvalue weighted by Gasteiger charge is -2.11. The van der Waals surface area contributed by atoms with E-state index in [1.54, 1.807) is 31.3 Å². The molecule has 0 radical (unpaired) electrons. The van der Waals surface area contributed by atoms with Crippen molar-refractivity contribution in [2.24, 2.45) is 0 Å². The van der Waals surface area contributed by atoms with E-state index >= 15 is 0 Å². The van der Waals surface area contributed by atoms with Crippen LogP contribution in [-0.4, -0.2) is 36.7 Å². The van der Waals surface area contributed by atoms with Gasteiger partial charge < -0.3 is 14.8 Å². The Morgan fingerprint density at radius 2 is 2.10 bits per heavy atom. The lowest BCUT2D eigenvalue weighted by atomic mass is 10.1. The van der Waals surface area contributed by atoms with Crippen molar-refractivity contribution in [3.63, 3.8) is 0 Å². The second kappa shape index (κ2) is 6.58. The Kier molecular flexibility index (Phi) is 4.80. The molecule has 5 nitrogen and oxygen atoms in total. The molecule has 0 spiro atoms. The van der Waals surface area contributed by atoms with Crippen molar-refractivity contribution in [2.75, 3.05) is 20.8 Å². The zero-order valence-electron chi connectivity index (χ0n) is 12.3. The minimum atomic E-state index is -0.119. The fourth-order valence-electron chi connectivity index (χ4n) is 2.18. The number of benzene rings is 1. The maximum atomic E-state index is 12.3. The molecule has 1 aromatic rings.